The zero-order valence-corrected chi connectivity index (χ0v) is 16.2. The molecule has 1 nitrogen and oxygen atoms in total. The van der Waals surface area contributed by atoms with Crippen molar-refractivity contribution in [3.8, 4) is 28.1 Å². The van der Waals surface area contributed by atoms with E-state index in [4.69, 9.17) is 24.8 Å². The predicted molar refractivity (Wildman–Crippen MR) is 118 cm³/mol. The van der Waals surface area contributed by atoms with Gasteiger partial charge in [0.05, 0.1) is 0 Å². The summed E-state index contributed by atoms with van der Waals surface area (Å²) in [7, 11) is 0. The molecular weight excluding hydrogens is 366 g/mol. The molecule has 3 aromatic carbocycles. The lowest BCUT2D eigenvalue weighted by Crippen LogP contribution is -2.40. The smallest absolute Gasteiger partial charge is 0.219 e. The molecule has 1 aromatic heterocycles. The Balaban J connectivity index is 2.06. The number of hydrogen-bond acceptors (Lipinski definition) is 2. The molecule has 0 bridgehead atoms. The first-order chi connectivity index (χ1) is 13.2. The highest BCUT2D eigenvalue weighted by molar-refractivity contribution is 8.01. The van der Waals surface area contributed by atoms with Crippen LogP contribution in [0.4, 0.5) is 0 Å². The van der Waals surface area contributed by atoms with E-state index in [2.05, 4.69) is 53.1 Å². The third-order valence-corrected chi connectivity index (χ3v) is 4.88. The Morgan fingerprint density at radius 2 is 1.15 bits per heavy atom. The molecule has 4 aromatic rings. The quantitative estimate of drug-likeness (QED) is 0.259. The number of hydrogen-bond donors (Lipinski definition) is 0. The van der Waals surface area contributed by atoms with Crippen molar-refractivity contribution in [2.45, 2.75) is 0 Å². The summed E-state index contributed by atoms with van der Waals surface area (Å²) in [6.07, 6.45) is 0. The topological polar surface area (TPSA) is 3.88 Å². The monoisotopic (exact) mass is 383 g/mol. The van der Waals surface area contributed by atoms with Gasteiger partial charge in [0, 0.05) is 29.8 Å². The molecule has 4 rings (SSSR count). The Bertz CT molecular complexity index is 1080. The number of nitrogens with zero attached hydrogens (tertiary/aromatic N) is 1. The third-order valence-electron chi connectivity index (χ3n) is 4.47. The number of benzene rings is 3. The van der Waals surface area contributed by atoms with Crippen LogP contribution in [0.5, 0.6) is 0 Å². The molecule has 0 spiro atoms. The molecule has 1 heterocycles. The van der Waals surface area contributed by atoms with E-state index in [1.54, 1.807) is 0 Å². The van der Waals surface area contributed by atoms with Crippen molar-refractivity contribution in [3.05, 3.63) is 109 Å². The van der Waals surface area contributed by atoms with E-state index in [1.165, 1.54) is 0 Å². The molecule has 3 heteroatoms. The van der Waals surface area contributed by atoms with E-state index < -0.39 is 0 Å². The zero-order chi connectivity index (χ0) is 18.6. The van der Waals surface area contributed by atoms with Crippen LogP contribution in [0, 0.1) is 0 Å². The number of thiocarbonyl (C=S) groups is 1. The number of rotatable bonds is 4. The Morgan fingerprint density at radius 1 is 0.630 bits per heavy atom. The molecule has 27 heavy (non-hydrogen) atoms. The number of pyridine rings is 1. The summed E-state index contributed by atoms with van der Waals surface area (Å²) in [6, 6.07) is 35.2. The Hall–Kier alpha value is -2.88. The Kier molecular flexibility index (Phi) is 5.05. The Labute approximate surface area is 170 Å². The van der Waals surface area contributed by atoms with Crippen molar-refractivity contribution < 1.29 is 4.57 Å². The zero-order valence-electron chi connectivity index (χ0n) is 14.6. The molecule has 0 saturated carbocycles. The van der Waals surface area contributed by atoms with Gasteiger partial charge in [0.2, 0.25) is 11.4 Å². The normalized spacial score (nSPS) is 10.5. The molecule has 0 amide bonds. The molecule has 0 aliphatic heterocycles. The molecular formula is C24H17NS2. The second kappa shape index (κ2) is 7.78. The molecule has 0 aliphatic carbocycles. The van der Waals surface area contributed by atoms with Crippen molar-refractivity contribution in [2.75, 3.05) is 0 Å². The maximum absolute atomic E-state index is 5.46. The summed E-state index contributed by atoms with van der Waals surface area (Å²) in [4.78, 5) is 0. The van der Waals surface area contributed by atoms with E-state index in [1.807, 2.05) is 54.6 Å². The van der Waals surface area contributed by atoms with Gasteiger partial charge in [-0.3, -0.25) is 0 Å². The van der Waals surface area contributed by atoms with Crippen molar-refractivity contribution >= 4 is 29.0 Å². The highest BCUT2D eigenvalue weighted by Crippen LogP contribution is 2.26. The largest absolute Gasteiger partial charge is 0.422 e. The van der Waals surface area contributed by atoms with Crippen molar-refractivity contribution in [1.29, 1.82) is 0 Å². The number of para-hydroxylation sites is 1. The van der Waals surface area contributed by atoms with Crippen molar-refractivity contribution in [2.24, 2.45) is 0 Å². The van der Waals surface area contributed by atoms with Gasteiger partial charge in [0.25, 0.3) is 0 Å². The van der Waals surface area contributed by atoms with E-state index in [0.717, 1.165) is 33.8 Å². The first-order valence-electron chi connectivity index (χ1n) is 8.72. The highest BCUT2D eigenvalue weighted by Gasteiger charge is 2.22. The summed E-state index contributed by atoms with van der Waals surface area (Å²) in [5.41, 5.74) is 6.31. The average molecular weight is 384 g/mol. The van der Waals surface area contributed by atoms with Crippen LogP contribution in [-0.2, 0) is 12.6 Å². The van der Waals surface area contributed by atoms with Crippen molar-refractivity contribution in [1.82, 2.24) is 0 Å². The second-order valence-electron chi connectivity index (χ2n) is 6.20. The first kappa shape index (κ1) is 17.5. The van der Waals surface area contributed by atoms with E-state index in [-0.39, 0.29) is 0 Å². The average Bonchev–Trinajstić information content (AvgIpc) is 2.74. The summed E-state index contributed by atoms with van der Waals surface area (Å²) >= 11 is 10.9. The maximum atomic E-state index is 5.46. The van der Waals surface area contributed by atoms with Crippen LogP contribution in [0.1, 0.15) is 5.69 Å². The summed E-state index contributed by atoms with van der Waals surface area (Å²) in [5, 5.41) is 0. The van der Waals surface area contributed by atoms with Crippen LogP contribution >= 0.6 is 12.2 Å². The van der Waals surface area contributed by atoms with Gasteiger partial charge in [-0.2, -0.15) is 4.57 Å². The molecule has 130 valence electrons. The predicted octanol–water partition coefficient (Wildman–Crippen LogP) is 5.52. The van der Waals surface area contributed by atoms with Crippen molar-refractivity contribution in [3.63, 3.8) is 0 Å². The molecule has 0 saturated heterocycles. The van der Waals surface area contributed by atoms with Gasteiger partial charge in [-0.1, -0.05) is 70.9 Å². The van der Waals surface area contributed by atoms with Gasteiger partial charge in [0.1, 0.15) is 0 Å². The minimum absolute atomic E-state index is 0.453. The molecule has 0 aliphatic rings. The van der Waals surface area contributed by atoms with Gasteiger partial charge < -0.3 is 24.8 Å². The minimum atomic E-state index is 0.453. The van der Waals surface area contributed by atoms with Gasteiger partial charge in [0.15, 0.2) is 5.69 Å². The van der Waals surface area contributed by atoms with Crippen LogP contribution in [0.25, 0.3) is 28.1 Å². The molecule has 0 fully saturated rings. The molecule has 0 N–H and O–H groups in total. The first-order valence-corrected chi connectivity index (χ1v) is 9.53. The SMILES string of the molecule is S=C([S-])c1cc(-c2ccccc2)cc(-c2ccccc2)[n+]1-c1ccccc1. The lowest BCUT2D eigenvalue weighted by atomic mass is 10.0. The van der Waals surface area contributed by atoms with E-state index in [0.29, 0.717) is 4.20 Å². The van der Waals surface area contributed by atoms with E-state index >= 15 is 0 Å². The van der Waals surface area contributed by atoms with Gasteiger partial charge in [-0.05, 0) is 23.3 Å². The van der Waals surface area contributed by atoms with E-state index in [9.17, 15) is 0 Å². The Morgan fingerprint density at radius 3 is 1.70 bits per heavy atom. The standard InChI is InChI=1S/C24H17NS2/c26-24(27)23-17-20(18-10-4-1-5-11-18)16-22(19-12-6-2-7-13-19)25(23)21-14-8-3-9-15-21/h1-17H. The van der Waals surface area contributed by atoms with Crippen LogP contribution < -0.4 is 4.57 Å². The fourth-order valence-corrected chi connectivity index (χ4v) is 3.52. The van der Waals surface area contributed by atoms with Gasteiger partial charge >= 0.3 is 0 Å². The van der Waals surface area contributed by atoms with Crippen LogP contribution in [0.15, 0.2) is 103 Å². The summed E-state index contributed by atoms with van der Waals surface area (Å²) in [5.74, 6) is 0. The third kappa shape index (κ3) is 3.65. The lowest BCUT2D eigenvalue weighted by molar-refractivity contribution is -0.584. The summed E-state index contributed by atoms with van der Waals surface area (Å²) < 4.78 is 2.60. The maximum Gasteiger partial charge on any atom is 0.219 e. The lowest BCUT2D eigenvalue weighted by Gasteiger charge is -2.14. The van der Waals surface area contributed by atoms with Gasteiger partial charge in [-0.15, -0.1) is 0 Å². The van der Waals surface area contributed by atoms with Gasteiger partial charge in [-0.25, -0.2) is 0 Å². The van der Waals surface area contributed by atoms with Crippen LogP contribution in [-0.4, -0.2) is 4.20 Å². The summed E-state index contributed by atoms with van der Waals surface area (Å²) in [6.45, 7) is 0. The molecule has 0 atom stereocenters. The van der Waals surface area contributed by atoms with Crippen LogP contribution in [0.3, 0.4) is 0 Å². The fourth-order valence-electron chi connectivity index (χ4n) is 3.22. The molecule has 0 unspecified atom stereocenters. The number of aromatic nitrogens is 1. The fraction of sp³-hybridized carbons (Fsp3) is 0. The highest BCUT2D eigenvalue weighted by atomic mass is 32.1. The minimum Gasteiger partial charge on any atom is -0.422 e. The molecule has 0 radical (unpaired) electrons. The second-order valence-corrected chi connectivity index (χ2v) is 7.28. The van der Waals surface area contributed by atoms with Crippen LogP contribution in [0.2, 0.25) is 0 Å².